The zero-order chi connectivity index (χ0) is 15.5. The summed E-state index contributed by atoms with van der Waals surface area (Å²) in [6.45, 7) is 7.89. The van der Waals surface area contributed by atoms with E-state index in [1.54, 1.807) is 12.0 Å². The quantitative estimate of drug-likeness (QED) is 0.908. The molecular formula is C17H23NO3. The number of hydrogen-bond acceptors (Lipinski definition) is 2. The molecule has 1 saturated carbocycles. The van der Waals surface area contributed by atoms with Gasteiger partial charge in [0.25, 0.3) is 0 Å². The van der Waals surface area contributed by atoms with Gasteiger partial charge in [0.05, 0.1) is 7.11 Å². The summed E-state index contributed by atoms with van der Waals surface area (Å²) in [5.41, 5.74) is 1.25. The number of carboxylic acid groups (broad SMARTS) is 1. The fraction of sp³-hybridized carbons (Fsp3) is 0.588. The molecule has 2 aliphatic rings. The van der Waals surface area contributed by atoms with Crippen LogP contribution in [0.25, 0.3) is 0 Å². The van der Waals surface area contributed by atoms with E-state index in [1.165, 1.54) is 5.56 Å². The van der Waals surface area contributed by atoms with Crippen LogP contribution in [-0.2, 0) is 5.41 Å². The van der Waals surface area contributed by atoms with E-state index in [9.17, 15) is 9.90 Å². The summed E-state index contributed by atoms with van der Waals surface area (Å²) in [4.78, 5) is 13.0. The van der Waals surface area contributed by atoms with Gasteiger partial charge in [-0.25, -0.2) is 4.79 Å². The number of benzene rings is 1. The topological polar surface area (TPSA) is 49.8 Å². The molecule has 1 N–H and O–H groups in total. The Bertz CT molecular complexity index is 592. The van der Waals surface area contributed by atoms with E-state index in [4.69, 9.17) is 4.74 Å². The lowest BCUT2D eigenvalue weighted by atomic mass is 9.72. The number of methoxy groups -OCH3 is 1. The van der Waals surface area contributed by atoms with Crippen molar-refractivity contribution in [2.45, 2.75) is 32.6 Å². The number of nitrogens with zero attached hydrogens (tertiary/aromatic N) is 1. The molecule has 0 radical (unpaired) electrons. The van der Waals surface area contributed by atoms with Crippen LogP contribution in [0, 0.1) is 10.8 Å². The normalized spacial score (nSPS) is 31.0. The highest BCUT2D eigenvalue weighted by atomic mass is 16.5. The van der Waals surface area contributed by atoms with E-state index < -0.39 is 6.09 Å². The summed E-state index contributed by atoms with van der Waals surface area (Å²) in [6, 6.07) is 8.11. The minimum atomic E-state index is -0.812. The standard InChI is InChI=1S/C17H23NO3/c1-15(2,3)17-9-16(17,10-18(11-17)14(19)20)12-6-5-7-13(8-12)21-4/h5-8H,9-11H2,1-4H3,(H,19,20)/t16-,17-/m0/s1. The third kappa shape index (κ3) is 1.78. The first-order chi connectivity index (χ1) is 9.76. The van der Waals surface area contributed by atoms with E-state index in [-0.39, 0.29) is 16.2 Å². The third-order valence-corrected chi connectivity index (χ3v) is 5.64. The molecule has 0 unspecified atom stereocenters. The summed E-state index contributed by atoms with van der Waals surface area (Å²) >= 11 is 0. The Labute approximate surface area is 125 Å². The second-order valence-corrected chi connectivity index (χ2v) is 7.46. The zero-order valence-corrected chi connectivity index (χ0v) is 13.1. The van der Waals surface area contributed by atoms with Gasteiger partial charge in [0.2, 0.25) is 0 Å². The smallest absolute Gasteiger partial charge is 0.407 e. The van der Waals surface area contributed by atoms with Crippen molar-refractivity contribution in [3.05, 3.63) is 29.8 Å². The Balaban J connectivity index is 2.05. The molecule has 1 heterocycles. The summed E-state index contributed by atoms with van der Waals surface area (Å²) in [6.07, 6.45) is 0.244. The number of carbonyl (C=O) groups is 1. The maximum Gasteiger partial charge on any atom is 0.407 e. The van der Waals surface area contributed by atoms with Crippen LogP contribution in [0.5, 0.6) is 5.75 Å². The summed E-state index contributed by atoms with van der Waals surface area (Å²) < 4.78 is 5.34. The minimum Gasteiger partial charge on any atom is -0.497 e. The van der Waals surface area contributed by atoms with Crippen LogP contribution in [-0.4, -0.2) is 36.3 Å². The number of hydrogen-bond donors (Lipinski definition) is 1. The van der Waals surface area contributed by atoms with Gasteiger partial charge in [0, 0.05) is 23.9 Å². The van der Waals surface area contributed by atoms with E-state index in [1.807, 2.05) is 12.1 Å². The molecule has 0 bridgehead atoms. The molecule has 0 spiro atoms. The van der Waals surface area contributed by atoms with Crippen molar-refractivity contribution in [3.63, 3.8) is 0 Å². The highest BCUT2D eigenvalue weighted by Gasteiger charge is 2.77. The number of amides is 1. The van der Waals surface area contributed by atoms with Crippen LogP contribution >= 0.6 is 0 Å². The number of rotatable bonds is 2. The lowest BCUT2D eigenvalue weighted by Gasteiger charge is -2.32. The molecule has 21 heavy (non-hydrogen) atoms. The maximum absolute atomic E-state index is 11.4. The van der Waals surface area contributed by atoms with Crippen LogP contribution in [0.4, 0.5) is 4.79 Å². The average molecular weight is 289 g/mol. The molecule has 0 aromatic heterocycles. The van der Waals surface area contributed by atoms with E-state index in [0.29, 0.717) is 13.1 Å². The van der Waals surface area contributed by atoms with Crippen molar-refractivity contribution in [2.24, 2.45) is 10.8 Å². The van der Waals surface area contributed by atoms with Gasteiger partial charge in [0.15, 0.2) is 0 Å². The predicted octanol–water partition coefficient (Wildman–Crippen LogP) is 3.36. The number of fused-ring (bicyclic) bond motifs is 1. The van der Waals surface area contributed by atoms with Gasteiger partial charge in [-0.15, -0.1) is 0 Å². The second kappa shape index (κ2) is 4.15. The minimum absolute atomic E-state index is 0.0325. The van der Waals surface area contributed by atoms with Crippen molar-refractivity contribution in [1.29, 1.82) is 0 Å². The highest BCUT2D eigenvalue weighted by Crippen LogP contribution is 2.75. The molecule has 4 heteroatoms. The largest absolute Gasteiger partial charge is 0.497 e. The van der Waals surface area contributed by atoms with Crippen LogP contribution in [0.2, 0.25) is 0 Å². The monoisotopic (exact) mass is 289 g/mol. The fourth-order valence-corrected chi connectivity index (χ4v) is 4.34. The molecule has 1 aromatic rings. The van der Waals surface area contributed by atoms with E-state index >= 15 is 0 Å². The van der Waals surface area contributed by atoms with Gasteiger partial charge in [-0.05, 0) is 29.5 Å². The van der Waals surface area contributed by atoms with Crippen molar-refractivity contribution >= 4 is 6.09 Å². The molecule has 1 aliphatic heterocycles. The van der Waals surface area contributed by atoms with Crippen LogP contribution in [0.1, 0.15) is 32.8 Å². The zero-order valence-electron chi connectivity index (χ0n) is 13.1. The highest BCUT2D eigenvalue weighted by molar-refractivity contribution is 5.68. The van der Waals surface area contributed by atoms with Gasteiger partial charge < -0.3 is 14.7 Å². The number of ether oxygens (including phenoxy) is 1. The molecule has 1 aromatic carbocycles. The Morgan fingerprint density at radius 3 is 2.62 bits per heavy atom. The molecule has 1 aliphatic carbocycles. The molecule has 2 fully saturated rings. The lowest BCUT2D eigenvalue weighted by Crippen LogP contribution is -2.34. The van der Waals surface area contributed by atoms with Crippen LogP contribution in [0.15, 0.2) is 24.3 Å². The molecule has 2 atom stereocenters. The molecule has 3 rings (SSSR count). The van der Waals surface area contributed by atoms with Crippen LogP contribution in [0.3, 0.4) is 0 Å². The molecule has 114 valence electrons. The fourth-order valence-electron chi connectivity index (χ4n) is 4.34. The van der Waals surface area contributed by atoms with Crippen molar-refractivity contribution in [2.75, 3.05) is 20.2 Å². The predicted molar refractivity (Wildman–Crippen MR) is 80.8 cm³/mol. The van der Waals surface area contributed by atoms with Crippen molar-refractivity contribution < 1.29 is 14.6 Å². The van der Waals surface area contributed by atoms with E-state index in [0.717, 1.165) is 12.2 Å². The van der Waals surface area contributed by atoms with E-state index in [2.05, 4.69) is 32.9 Å². The Morgan fingerprint density at radius 1 is 1.33 bits per heavy atom. The van der Waals surface area contributed by atoms with Crippen LogP contribution < -0.4 is 4.74 Å². The first-order valence-electron chi connectivity index (χ1n) is 7.38. The number of piperidine rings is 1. The second-order valence-electron chi connectivity index (χ2n) is 7.46. The summed E-state index contributed by atoms with van der Waals surface area (Å²) in [5.74, 6) is 0.838. The van der Waals surface area contributed by atoms with Gasteiger partial charge in [-0.3, -0.25) is 0 Å². The van der Waals surface area contributed by atoms with Gasteiger partial charge in [0.1, 0.15) is 5.75 Å². The van der Waals surface area contributed by atoms with Gasteiger partial charge in [-0.1, -0.05) is 32.9 Å². The van der Waals surface area contributed by atoms with Gasteiger partial charge >= 0.3 is 6.09 Å². The molecule has 1 saturated heterocycles. The lowest BCUT2D eigenvalue weighted by molar-refractivity contribution is 0.133. The molecule has 1 amide bonds. The molecular weight excluding hydrogens is 266 g/mol. The van der Waals surface area contributed by atoms with Gasteiger partial charge in [-0.2, -0.15) is 0 Å². The summed E-state index contributed by atoms with van der Waals surface area (Å²) in [5, 5.41) is 9.40. The first-order valence-corrected chi connectivity index (χ1v) is 7.38. The first kappa shape index (κ1) is 14.2. The average Bonchev–Trinajstić information content (AvgIpc) is 2.97. The van der Waals surface area contributed by atoms with Crippen molar-refractivity contribution in [1.82, 2.24) is 4.90 Å². The SMILES string of the molecule is COc1cccc([C@]23CN(C(=O)O)C[C@]2(C(C)(C)C)C3)c1. The number of likely N-dealkylation sites (tertiary alicyclic amines) is 1. The Hall–Kier alpha value is -1.71. The Morgan fingerprint density at radius 2 is 2.05 bits per heavy atom. The third-order valence-electron chi connectivity index (χ3n) is 5.64. The summed E-state index contributed by atoms with van der Waals surface area (Å²) in [7, 11) is 1.67. The maximum atomic E-state index is 11.4. The molecule has 4 nitrogen and oxygen atoms in total. The Kier molecular flexibility index (Phi) is 2.81. The van der Waals surface area contributed by atoms with Crippen molar-refractivity contribution in [3.8, 4) is 5.75 Å².